The van der Waals surface area contributed by atoms with Crippen LogP contribution in [0, 0.1) is 11.3 Å². The summed E-state index contributed by atoms with van der Waals surface area (Å²) in [6, 6.07) is 15.3. The number of hydrogen-bond acceptors (Lipinski definition) is 3. The molecular formula is C16H13ClN4. The van der Waals surface area contributed by atoms with Gasteiger partial charge in [-0.1, -0.05) is 23.7 Å². The predicted octanol–water partition coefficient (Wildman–Crippen LogP) is 3.71. The molecule has 0 saturated heterocycles. The lowest BCUT2D eigenvalue weighted by molar-refractivity contribution is 0.834. The molecule has 21 heavy (non-hydrogen) atoms. The van der Waals surface area contributed by atoms with Crippen molar-refractivity contribution in [2.24, 2.45) is 7.05 Å². The van der Waals surface area contributed by atoms with Crippen molar-refractivity contribution in [3.63, 3.8) is 0 Å². The summed E-state index contributed by atoms with van der Waals surface area (Å²) in [5.74, 6) is 0.903. The van der Waals surface area contributed by atoms with Gasteiger partial charge in [-0.05, 0) is 30.3 Å². The molecule has 0 fully saturated rings. The third kappa shape index (κ3) is 2.56. The van der Waals surface area contributed by atoms with Gasteiger partial charge in [0, 0.05) is 12.1 Å². The quantitative estimate of drug-likeness (QED) is 0.801. The van der Waals surface area contributed by atoms with Gasteiger partial charge >= 0.3 is 0 Å². The van der Waals surface area contributed by atoms with Crippen LogP contribution >= 0.6 is 11.6 Å². The summed E-state index contributed by atoms with van der Waals surface area (Å²) in [5.41, 5.74) is 3.33. The molecule has 0 bridgehead atoms. The molecule has 3 aromatic rings. The molecule has 0 saturated carbocycles. The molecule has 104 valence electrons. The van der Waals surface area contributed by atoms with E-state index in [0.717, 1.165) is 22.5 Å². The number of nitrogens with zero attached hydrogens (tertiary/aromatic N) is 3. The first kappa shape index (κ1) is 13.5. The zero-order chi connectivity index (χ0) is 14.8. The summed E-state index contributed by atoms with van der Waals surface area (Å²) in [4.78, 5) is 4.59. The summed E-state index contributed by atoms with van der Waals surface area (Å²) < 4.78 is 2.04. The molecule has 2 aromatic carbocycles. The van der Waals surface area contributed by atoms with Crippen molar-refractivity contribution in [3.8, 4) is 6.07 Å². The van der Waals surface area contributed by atoms with Crippen LogP contribution in [-0.2, 0) is 13.6 Å². The number of rotatable bonds is 3. The van der Waals surface area contributed by atoms with Gasteiger partial charge in [0.1, 0.15) is 11.9 Å². The van der Waals surface area contributed by atoms with Crippen LogP contribution in [0.1, 0.15) is 11.4 Å². The molecule has 1 aromatic heterocycles. The van der Waals surface area contributed by atoms with Crippen molar-refractivity contribution < 1.29 is 0 Å². The Morgan fingerprint density at radius 3 is 2.86 bits per heavy atom. The maximum atomic E-state index is 9.12. The number of benzene rings is 2. The van der Waals surface area contributed by atoms with Crippen LogP contribution < -0.4 is 5.32 Å². The van der Waals surface area contributed by atoms with E-state index in [1.165, 1.54) is 0 Å². The summed E-state index contributed by atoms with van der Waals surface area (Å²) in [5, 5.41) is 13.0. The molecular weight excluding hydrogens is 284 g/mol. The van der Waals surface area contributed by atoms with Gasteiger partial charge in [-0.3, -0.25) is 0 Å². The van der Waals surface area contributed by atoms with E-state index in [0.29, 0.717) is 17.1 Å². The van der Waals surface area contributed by atoms with Crippen LogP contribution in [0.15, 0.2) is 42.5 Å². The lowest BCUT2D eigenvalue weighted by atomic mass is 10.2. The Labute approximate surface area is 127 Å². The van der Waals surface area contributed by atoms with Crippen LogP contribution in [0.3, 0.4) is 0 Å². The second-order valence-corrected chi connectivity index (χ2v) is 5.17. The predicted molar refractivity (Wildman–Crippen MR) is 84.2 cm³/mol. The summed E-state index contributed by atoms with van der Waals surface area (Å²) >= 11 is 5.98. The first-order chi connectivity index (χ1) is 10.2. The van der Waals surface area contributed by atoms with Gasteiger partial charge in [0.2, 0.25) is 0 Å². The Bertz CT molecular complexity index is 845. The van der Waals surface area contributed by atoms with E-state index in [2.05, 4.69) is 16.4 Å². The Hall–Kier alpha value is -2.51. The van der Waals surface area contributed by atoms with Crippen molar-refractivity contribution in [3.05, 3.63) is 58.9 Å². The van der Waals surface area contributed by atoms with Gasteiger partial charge in [-0.15, -0.1) is 0 Å². The first-order valence-electron chi connectivity index (χ1n) is 6.53. The van der Waals surface area contributed by atoms with E-state index < -0.39 is 0 Å². The summed E-state index contributed by atoms with van der Waals surface area (Å²) in [6.07, 6.45) is 0. The number of imidazole rings is 1. The lowest BCUT2D eigenvalue weighted by Gasteiger charge is -2.08. The van der Waals surface area contributed by atoms with Crippen LogP contribution in [0.5, 0.6) is 0 Å². The van der Waals surface area contributed by atoms with Gasteiger partial charge in [-0.25, -0.2) is 4.98 Å². The van der Waals surface area contributed by atoms with Crippen molar-refractivity contribution in [2.45, 2.75) is 6.54 Å². The number of halogens is 1. The van der Waals surface area contributed by atoms with E-state index in [9.17, 15) is 0 Å². The largest absolute Gasteiger partial charge is 0.377 e. The second-order valence-electron chi connectivity index (χ2n) is 4.73. The fourth-order valence-corrected chi connectivity index (χ4v) is 2.46. The highest BCUT2D eigenvalue weighted by atomic mass is 35.5. The van der Waals surface area contributed by atoms with E-state index in [4.69, 9.17) is 16.9 Å². The third-order valence-corrected chi connectivity index (χ3v) is 3.65. The van der Waals surface area contributed by atoms with Gasteiger partial charge in [0.15, 0.2) is 0 Å². The number of para-hydroxylation sites is 2. The number of nitriles is 1. The minimum Gasteiger partial charge on any atom is -0.377 e. The highest BCUT2D eigenvalue weighted by molar-refractivity contribution is 6.30. The minimum absolute atomic E-state index is 0.528. The van der Waals surface area contributed by atoms with Crippen LogP contribution in [0.4, 0.5) is 5.69 Å². The van der Waals surface area contributed by atoms with Crippen LogP contribution in [-0.4, -0.2) is 9.55 Å². The van der Waals surface area contributed by atoms with Gasteiger partial charge in [-0.2, -0.15) is 5.26 Å². The number of aryl methyl sites for hydroxylation is 1. The SMILES string of the molecule is Cn1c(CNc2cc(Cl)ccc2C#N)nc2ccccc21. The smallest absolute Gasteiger partial charge is 0.128 e. The topological polar surface area (TPSA) is 53.6 Å². The number of nitrogens with one attached hydrogen (secondary N) is 1. The molecule has 4 nitrogen and oxygen atoms in total. The second kappa shape index (κ2) is 5.47. The highest BCUT2D eigenvalue weighted by Gasteiger charge is 2.08. The van der Waals surface area contributed by atoms with Crippen molar-refractivity contribution >= 4 is 28.3 Å². The molecule has 0 amide bonds. The third-order valence-electron chi connectivity index (χ3n) is 3.42. The van der Waals surface area contributed by atoms with E-state index in [1.807, 2.05) is 35.9 Å². The Kier molecular flexibility index (Phi) is 3.51. The monoisotopic (exact) mass is 296 g/mol. The molecule has 5 heteroatoms. The van der Waals surface area contributed by atoms with E-state index in [-0.39, 0.29) is 0 Å². The highest BCUT2D eigenvalue weighted by Crippen LogP contribution is 2.21. The van der Waals surface area contributed by atoms with E-state index in [1.54, 1.807) is 18.2 Å². The average Bonchev–Trinajstić information content (AvgIpc) is 2.82. The van der Waals surface area contributed by atoms with Crippen molar-refractivity contribution in [1.82, 2.24) is 9.55 Å². The van der Waals surface area contributed by atoms with Crippen LogP contribution in [0.2, 0.25) is 5.02 Å². The Morgan fingerprint density at radius 2 is 2.10 bits per heavy atom. The van der Waals surface area contributed by atoms with E-state index >= 15 is 0 Å². The molecule has 1 N–H and O–H groups in total. The lowest BCUT2D eigenvalue weighted by Crippen LogP contribution is -2.07. The number of fused-ring (bicyclic) bond motifs is 1. The molecule has 0 atom stereocenters. The molecule has 3 rings (SSSR count). The summed E-state index contributed by atoms with van der Waals surface area (Å²) in [6.45, 7) is 0.528. The van der Waals surface area contributed by atoms with Crippen molar-refractivity contribution in [1.29, 1.82) is 5.26 Å². The minimum atomic E-state index is 0.528. The van der Waals surface area contributed by atoms with Gasteiger partial charge < -0.3 is 9.88 Å². The fourth-order valence-electron chi connectivity index (χ4n) is 2.29. The fraction of sp³-hybridized carbons (Fsp3) is 0.125. The maximum absolute atomic E-state index is 9.12. The summed E-state index contributed by atoms with van der Waals surface area (Å²) in [7, 11) is 1.98. The van der Waals surface area contributed by atoms with Gasteiger partial charge in [0.05, 0.1) is 28.8 Å². The average molecular weight is 297 g/mol. The molecule has 0 unspecified atom stereocenters. The van der Waals surface area contributed by atoms with Crippen LogP contribution in [0.25, 0.3) is 11.0 Å². The maximum Gasteiger partial charge on any atom is 0.128 e. The zero-order valence-corrected chi connectivity index (χ0v) is 12.2. The van der Waals surface area contributed by atoms with Gasteiger partial charge in [0.25, 0.3) is 0 Å². The number of hydrogen-bond donors (Lipinski definition) is 1. The Balaban J connectivity index is 1.89. The Morgan fingerprint density at radius 1 is 1.29 bits per heavy atom. The molecule has 0 aliphatic carbocycles. The number of aromatic nitrogens is 2. The molecule has 1 heterocycles. The van der Waals surface area contributed by atoms with Crippen molar-refractivity contribution in [2.75, 3.05) is 5.32 Å². The normalized spacial score (nSPS) is 10.5. The molecule has 0 spiro atoms. The molecule has 0 radical (unpaired) electrons. The molecule has 0 aliphatic heterocycles. The first-order valence-corrected chi connectivity index (χ1v) is 6.90. The zero-order valence-electron chi connectivity index (χ0n) is 11.5. The number of anilines is 1. The standard InChI is InChI=1S/C16H13ClN4/c1-21-15-5-3-2-4-13(15)20-16(21)10-19-14-8-12(17)7-6-11(14)9-18/h2-8,19H,10H2,1H3. The molecule has 0 aliphatic rings.